The van der Waals surface area contributed by atoms with Crippen LogP contribution in [0.3, 0.4) is 0 Å². The van der Waals surface area contributed by atoms with Gasteiger partial charge < -0.3 is 4.57 Å². The van der Waals surface area contributed by atoms with Crippen molar-refractivity contribution in [1.82, 2.24) is 14.3 Å². The molecule has 0 bridgehead atoms. The Kier molecular flexibility index (Phi) is 5.67. The molecule has 148 valence electrons. The Morgan fingerprint density at radius 1 is 0.897 bits per heavy atom. The molecule has 5 nitrogen and oxygen atoms in total. The summed E-state index contributed by atoms with van der Waals surface area (Å²) >= 11 is 6.06. The Hall–Kier alpha value is -2.67. The highest BCUT2D eigenvalue weighted by atomic mass is 35.5. The van der Waals surface area contributed by atoms with E-state index < -0.39 is 10.0 Å². The summed E-state index contributed by atoms with van der Waals surface area (Å²) < 4.78 is 30.1. The lowest BCUT2D eigenvalue weighted by Crippen LogP contribution is -2.25. The highest BCUT2D eigenvalue weighted by molar-refractivity contribution is 7.89. The normalized spacial score (nSPS) is 11.8. The van der Waals surface area contributed by atoms with Crippen molar-refractivity contribution in [3.05, 3.63) is 95.3 Å². The molecule has 1 N–H and O–H groups in total. The van der Waals surface area contributed by atoms with Gasteiger partial charge in [-0.1, -0.05) is 66.2 Å². The second kappa shape index (κ2) is 8.37. The number of rotatable bonds is 7. The lowest BCUT2D eigenvalue weighted by atomic mass is 10.1. The van der Waals surface area contributed by atoms with Gasteiger partial charge in [0, 0.05) is 6.54 Å². The molecule has 7 heteroatoms. The number of hydrogen-bond acceptors (Lipinski definition) is 3. The minimum absolute atomic E-state index is 0.0635. The smallest absolute Gasteiger partial charge is 0.242 e. The van der Waals surface area contributed by atoms with Crippen molar-refractivity contribution in [2.24, 2.45) is 0 Å². The largest absolute Gasteiger partial charge is 0.327 e. The molecule has 1 heterocycles. The third kappa shape index (κ3) is 4.34. The quantitative estimate of drug-likeness (QED) is 0.477. The Morgan fingerprint density at radius 3 is 2.38 bits per heavy atom. The molecular weight excluding hydrogens is 406 g/mol. The summed E-state index contributed by atoms with van der Waals surface area (Å²) in [5.74, 6) is 0.665. The molecule has 0 unspecified atom stereocenters. The summed E-state index contributed by atoms with van der Waals surface area (Å²) in [4.78, 5) is 4.71. The average molecular weight is 426 g/mol. The summed E-state index contributed by atoms with van der Waals surface area (Å²) in [6.45, 7) is 0.782. The zero-order valence-corrected chi connectivity index (χ0v) is 17.2. The van der Waals surface area contributed by atoms with E-state index in [0.717, 1.165) is 17.5 Å². The summed E-state index contributed by atoms with van der Waals surface area (Å²) in [6, 6.07) is 24.4. The number of halogens is 1. The molecule has 4 rings (SSSR count). The van der Waals surface area contributed by atoms with Crippen LogP contribution in [0.4, 0.5) is 0 Å². The summed E-state index contributed by atoms with van der Waals surface area (Å²) in [5.41, 5.74) is 3.04. The monoisotopic (exact) mass is 425 g/mol. The summed E-state index contributed by atoms with van der Waals surface area (Å²) in [7, 11) is -3.75. The molecule has 0 amide bonds. The molecule has 0 saturated heterocycles. The minimum Gasteiger partial charge on any atom is -0.327 e. The van der Waals surface area contributed by atoms with Gasteiger partial charge in [-0.05, 0) is 36.2 Å². The Labute approximate surface area is 175 Å². The van der Waals surface area contributed by atoms with Crippen molar-refractivity contribution in [2.45, 2.75) is 24.4 Å². The molecule has 0 atom stereocenters. The van der Waals surface area contributed by atoms with Crippen molar-refractivity contribution in [3.8, 4) is 0 Å². The Morgan fingerprint density at radius 2 is 1.59 bits per heavy atom. The Balaban J connectivity index is 1.61. The number of para-hydroxylation sites is 2. The van der Waals surface area contributed by atoms with Gasteiger partial charge in [0.2, 0.25) is 10.0 Å². The fourth-order valence-electron chi connectivity index (χ4n) is 3.30. The van der Waals surface area contributed by atoms with E-state index in [-0.39, 0.29) is 16.5 Å². The number of fused-ring (bicyclic) bond motifs is 1. The first-order valence-electron chi connectivity index (χ1n) is 9.27. The topological polar surface area (TPSA) is 64.0 Å². The highest BCUT2D eigenvalue weighted by Crippen LogP contribution is 2.21. The van der Waals surface area contributed by atoms with Gasteiger partial charge in [0.25, 0.3) is 0 Å². The second-order valence-corrected chi connectivity index (χ2v) is 8.80. The number of nitrogens with one attached hydrogen (secondary N) is 1. The van der Waals surface area contributed by atoms with Crippen LogP contribution in [0.15, 0.2) is 83.8 Å². The standard InChI is InChI=1S/C22H20ClN3O2S/c23-18-10-4-7-13-21(18)29(27,28)24-16-22-25-19-11-5-6-12-20(19)26(22)15-14-17-8-2-1-3-9-17/h1-13,24H,14-16H2. The minimum atomic E-state index is -3.75. The summed E-state index contributed by atoms with van der Waals surface area (Å²) in [6.07, 6.45) is 0.825. The van der Waals surface area contributed by atoms with Crippen LogP contribution >= 0.6 is 11.6 Å². The number of nitrogens with zero attached hydrogens (tertiary/aromatic N) is 2. The van der Waals surface area contributed by atoms with Crippen LogP contribution in [0, 0.1) is 0 Å². The maximum Gasteiger partial charge on any atom is 0.242 e. The molecule has 3 aromatic carbocycles. The van der Waals surface area contributed by atoms with Gasteiger partial charge in [0.1, 0.15) is 10.7 Å². The predicted octanol–water partition coefficient (Wildman–Crippen LogP) is 4.41. The predicted molar refractivity (Wildman–Crippen MR) is 115 cm³/mol. The molecule has 1 aromatic heterocycles. The van der Waals surface area contributed by atoms with Crippen molar-refractivity contribution in [2.75, 3.05) is 0 Å². The molecule has 0 aliphatic carbocycles. The van der Waals surface area contributed by atoms with Gasteiger partial charge in [-0.15, -0.1) is 0 Å². The first-order valence-corrected chi connectivity index (χ1v) is 11.1. The molecule has 0 aliphatic rings. The van der Waals surface area contributed by atoms with Crippen LogP contribution in [-0.4, -0.2) is 18.0 Å². The molecule has 0 radical (unpaired) electrons. The van der Waals surface area contributed by atoms with E-state index in [4.69, 9.17) is 11.6 Å². The van der Waals surface area contributed by atoms with E-state index in [1.807, 2.05) is 42.5 Å². The van der Waals surface area contributed by atoms with Crippen LogP contribution < -0.4 is 4.72 Å². The molecular formula is C22H20ClN3O2S. The van der Waals surface area contributed by atoms with E-state index in [1.165, 1.54) is 11.6 Å². The molecule has 0 spiro atoms. The van der Waals surface area contributed by atoms with Crippen LogP contribution in [-0.2, 0) is 29.5 Å². The van der Waals surface area contributed by atoms with Gasteiger partial charge in [0.05, 0.1) is 22.6 Å². The van der Waals surface area contributed by atoms with Crippen LogP contribution in [0.2, 0.25) is 5.02 Å². The third-order valence-corrected chi connectivity index (χ3v) is 6.65. The number of sulfonamides is 1. The van der Waals surface area contributed by atoms with E-state index in [2.05, 4.69) is 26.4 Å². The van der Waals surface area contributed by atoms with Gasteiger partial charge in [-0.25, -0.2) is 18.1 Å². The number of hydrogen-bond donors (Lipinski definition) is 1. The van der Waals surface area contributed by atoms with Crippen LogP contribution in [0.5, 0.6) is 0 Å². The molecule has 4 aromatic rings. The van der Waals surface area contributed by atoms with Crippen LogP contribution in [0.1, 0.15) is 11.4 Å². The lowest BCUT2D eigenvalue weighted by molar-refractivity contribution is 0.574. The number of benzene rings is 3. The first kappa shape index (κ1) is 19.6. The Bertz CT molecular complexity index is 1240. The SMILES string of the molecule is O=S(=O)(NCc1nc2ccccc2n1CCc1ccccc1)c1ccccc1Cl. The molecule has 0 fully saturated rings. The van der Waals surface area contributed by atoms with Crippen molar-refractivity contribution in [1.29, 1.82) is 0 Å². The van der Waals surface area contributed by atoms with Gasteiger partial charge in [0.15, 0.2) is 0 Å². The van der Waals surface area contributed by atoms with E-state index in [0.29, 0.717) is 12.4 Å². The van der Waals surface area contributed by atoms with Gasteiger partial charge >= 0.3 is 0 Å². The lowest BCUT2D eigenvalue weighted by Gasteiger charge is -2.11. The number of aromatic nitrogens is 2. The molecule has 29 heavy (non-hydrogen) atoms. The maximum atomic E-state index is 12.7. The zero-order chi connectivity index (χ0) is 20.3. The molecule has 0 saturated carbocycles. The number of aryl methyl sites for hydroxylation is 2. The van der Waals surface area contributed by atoms with E-state index >= 15 is 0 Å². The molecule has 0 aliphatic heterocycles. The first-order chi connectivity index (χ1) is 14.0. The van der Waals surface area contributed by atoms with Gasteiger partial charge in [-0.2, -0.15) is 0 Å². The second-order valence-electron chi connectivity index (χ2n) is 6.66. The van der Waals surface area contributed by atoms with Crippen molar-refractivity contribution < 1.29 is 8.42 Å². The third-order valence-electron chi connectivity index (χ3n) is 4.75. The maximum absolute atomic E-state index is 12.7. The van der Waals surface area contributed by atoms with Crippen LogP contribution in [0.25, 0.3) is 11.0 Å². The van der Waals surface area contributed by atoms with E-state index in [9.17, 15) is 8.42 Å². The van der Waals surface area contributed by atoms with Crippen molar-refractivity contribution >= 4 is 32.7 Å². The number of imidazole rings is 1. The van der Waals surface area contributed by atoms with Crippen molar-refractivity contribution in [3.63, 3.8) is 0 Å². The zero-order valence-electron chi connectivity index (χ0n) is 15.6. The fourth-order valence-corrected chi connectivity index (χ4v) is 4.79. The average Bonchev–Trinajstić information content (AvgIpc) is 3.09. The van der Waals surface area contributed by atoms with Gasteiger partial charge in [-0.3, -0.25) is 0 Å². The van der Waals surface area contributed by atoms with E-state index in [1.54, 1.807) is 18.2 Å². The highest BCUT2D eigenvalue weighted by Gasteiger charge is 2.19. The fraction of sp³-hybridized carbons (Fsp3) is 0.136. The summed E-state index contributed by atoms with van der Waals surface area (Å²) in [5, 5.41) is 0.192.